The molecule has 1 saturated heterocycles. The first-order chi connectivity index (χ1) is 13.7. The van der Waals surface area contributed by atoms with Gasteiger partial charge in [-0.1, -0.05) is 18.2 Å². The van der Waals surface area contributed by atoms with E-state index in [0.29, 0.717) is 12.5 Å². The van der Waals surface area contributed by atoms with Crippen molar-refractivity contribution in [1.29, 1.82) is 0 Å². The Morgan fingerprint density at radius 2 is 1.86 bits per heavy atom. The van der Waals surface area contributed by atoms with Crippen LogP contribution in [0.25, 0.3) is 0 Å². The highest BCUT2D eigenvalue weighted by Crippen LogP contribution is 2.21. The Labute approximate surface area is 168 Å². The summed E-state index contributed by atoms with van der Waals surface area (Å²) in [6, 6.07) is 11.0. The number of hydrogen-bond donors (Lipinski definition) is 2. The summed E-state index contributed by atoms with van der Waals surface area (Å²) in [6.45, 7) is 2.82. The topological polar surface area (TPSA) is 66.0 Å². The number of guanidine groups is 1. The Morgan fingerprint density at radius 3 is 2.54 bits per heavy atom. The molecule has 1 saturated carbocycles. The number of nitrogens with one attached hydrogen (secondary N) is 2. The molecule has 3 rings (SSSR count). The third-order valence-corrected chi connectivity index (χ3v) is 5.63. The molecule has 154 valence electrons. The molecular formula is C22H34N4O2. The van der Waals surface area contributed by atoms with E-state index in [4.69, 9.17) is 4.74 Å². The molecule has 0 unspecified atom stereocenters. The van der Waals surface area contributed by atoms with Gasteiger partial charge in [-0.3, -0.25) is 9.79 Å². The fourth-order valence-corrected chi connectivity index (χ4v) is 4.00. The van der Waals surface area contributed by atoms with E-state index in [1.807, 2.05) is 0 Å². The number of aliphatic imine (C=N–C) groups is 1. The van der Waals surface area contributed by atoms with Crippen molar-refractivity contribution in [3.05, 3.63) is 30.3 Å². The molecule has 2 fully saturated rings. The highest BCUT2D eigenvalue weighted by molar-refractivity contribution is 5.80. The third kappa shape index (κ3) is 6.43. The Kier molecular flexibility index (Phi) is 8.00. The summed E-state index contributed by atoms with van der Waals surface area (Å²) < 4.78 is 5.50. The molecule has 28 heavy (non-hydrogen) atoms. The number of carbonyl (C=O) groups excluding carboxylic acids is 1. The van der Waals surface area contributed by atoms with Crippen molar-refractivity contribution in [2.24, 2.45) is 4.99 Å². The van der Waals surface area contributed by atoms with Crippen LogP contribution in [0.3, 0.4) is 0 Å². The maximum atomic E-state index is 11.9. The quantitative estimate of drug-likeness (QED) is 0.326. The van der Waals surface area contributed by atoms with Crippen LogP contribution in [-0.4, -0.2) is 50.8 Å². The number of piperidine rings is 1. The molecule has 0 aromatic heterocycles. The molecule has 0 bridgehead atoms. The average Bonchev–Trinajstić information content (AvgIpc) is 3.24. The van der Waals surface area contributed by atoms with Crippen LogP contribution in [0.1, 0.15) is 51.4 Å². The summed E-state index contributed by atoms with van der Waals surface area (Å²) in [5.41, 5.74) is 1.30. The number of esters is 1. The summed E-state index contributed by atoms with van der Waals surface area (Å²) in [4.78, 5) is 18.6. The van der Waals surface area contributed by atoms with Crippen LogP contribution < -0.4 is 15.5 Å². The van der Waals surface area contributed by atoms with Crippen molar-refractivity contribution in [3.8, 4) is 0 Å². The van der Waals surface area contributed by atoms with E-state index in [2.05, 4.69) is 50.9 Å². The fraction of sp³-hybridized carbons (Fsp3) is 0.636. The summed E-state index contributed by atoms with van der Waals surface area (Å²) in [5.74, 6) is 0.757. The fourth-order valence-electron chi connectivity index (χ4n) is 4.00. The molecule has 1 aliphatic carbocycles. The number of carbonyl (C=O) groups is 1. The standard InChI is InChI=1S/C22H34N4O2/c1-23-22(24-15-7-12-21(27)28-20-10-5-6-11-20)25-18-13-16-26(17-14-18)19-8-3-2-4-9-19/h2-4,8-9,18,20H,5-7,10-17H2,1H3,(H2,23,24,25). The van der Waals surface area contributed by atoms with E-state index in [-0.39, 0.29) is 12.1 Å². The second kappa shape index (κ2) is 10.9. The number of para-hydroxylation sites is 1. The van der Waals surface area contributed by atoms with Crippen LogP contribution in [0.4, 0.5) is 5.69 Å². The highest BCUT2D eigenvalue weighted by Gasteiger charge is 2.21. The lowest BCUT2D eigenvalue weighted by molar-refractivity contribution is -0.148. The van der Waals surface area contributed by atoms with Crippen LogP contribution in [0.15, 0.2) is 35.3 Å². The minimum absolute atomic E-state index is 0.0649. The van der Waals surface area contributed by atoms with E-state index < -0.39 is 0 Å². The molecule has 1 heterocycles. The lowest BCUT2D eigenvalue weighted by Gasteiger charge is -2.34. The second-order valence-electron chi connectivity index (χ2n) is 7.74. The molecule has 0 radical (unpaired) electrons. The summed E-state index contributed by atoms with van der Waals surface area (Å²) in [6.07, 6.45) is 8.00. The summed E-state index contributed by atoms with van der Waals surface area (Å²) in [7, 11) is 1.79. The average molecular weight is 387 g/mol. The lowest BCUT2D eigenvalue weighted by atomic mass is 10.0. The monoisotopic (exact) mass is 386 g/mol. The molecule has 0 atom stereocenters. The number of hydrogen-bond acceptors (Lipinski definition) is 4. The first-order valence-corrected chi connectivity index (χ1v) is 10.7. The van der Waals surface area contributed by atoms with Gasteiger partial charge >= 0.3 is 5.97 Å². The maximum absolute atomic E-state index is 11.9. The van der Waals surface area contributed by atoms with Crippen molar-refractivity contribution in [2.45, 2.75) is 63.5 Å². The molecule has 2 N–H and O–H groups in total. The van der Waals surface area contributed by atoms with Gasteiger partial charge in [0.05, 0.1) is 0 Å². The molecule has 1 aromatic rings. The molecule has 0 spiro atoms. The molecule has 0 amide bonds. The van der Waals surface area contributed by atoms with Gasteiger partial charge in [0.15, 0.2) is 5.96 Å². The maximum Gasteiger partial charge on any atom is 0.306 e. The number of nitrogens with zero attached hydrogens (tertiary/aromatic N) is 2. The van der Waals surface area contributed by atoms with Crippen LogP contribution in [0.2, 0.25) is 0 Å². The number of ether oxygens (including phenoxy) is 1. The SMILES string of the molecule is CN=C(NCCCC(=O)OC1CCCC1)NC1CCN(c2ccccc2)CC1. The van der Waals surface area contributed by atoms with Gasteiger partial charge in [0, 0.05) is 44.8 Å². The van der Waals surface area contributed by atoms with Gasteiger partial charge in [-0.15, -0.1) is 0 Å². The Bertz CT molecular complexity index is 621. The van der Waals surface area contributed by atoms with Gasteiger partial charge in [-0.25, -0.2) is 0 Å². The number of benzene rings is 1. The van der Waals surface area contributed by atoms with Gasteiger partial charge in [0.25, 0.3) is 0 Å². The Morgan fingerprint density at radius 1 is 1.14 bits per heavy atom. The van der Waals surface area contributed by atoms with Gasteiger partial charge in [0.2, 0.25) is 0 Å². The van der Waals surface area contributed by atoms with Crippen LogP contribution in [-0.2, 0) is 9.53 Å². The van der Waals surface area contributed by atoms with E-state index in [1.165, 1.54) is 18.5 Å². The van der Waals surface area contributed by atoms with Gasteiger partial charge < -0.3 is 20.3 Å². The van der Waals surface area contributed by atoms with E-state index in [1.54, 1.807) is 7.05 Å². The molecular weight excluding hydrogens is 352 g/mol. The Balaban J connectivity index is 1.30. The van der Waals surface area contributed by atoms with Crippen molar-refractivity contribution < 1.29 is 9.53 Å². The number of rotatable bonds is 7. The van der Waals surface area contributed by atoms with Crippen LogP contribution in [0, 0.1) is 0 Å². The lowest BCUT2D eigenvalue weighted by Crippen LogP contribution is -2.48. The first kappa shape index (κ1) is 20.5. The van der Waals surface area contributed by atoms with Crippen molar-refractivity contribution in [1.82, 2.24) is 10.6 Å². The minimum Gasteiger partial charge on any atom is -0.462 e. The van der Waals surface area contributed by atoms with Gasteiger partial charge in [-0.05, 0) is 57.1 Å². The molecule has 6 nitrogen and oxygen atoms in total. The van der Waals surface area contributed by atoms with Crippen molar-refractivity contribution >= 4 is 17.6 Å². The first-order valence-electron chi connectivity index (χ1n) is 10.7. The van der Waals surface area contributed by atoms with Crippen molar-refractivity contribution in [3.63, 3.8) is 0 Å². The molecule has 1 aliphatic heterocycles. The van der Waals surface area contributed by atoms with Gasteiger partial charge in [0.1, 0.15) is 6.10 Å². The largest absolute Gasteiger partial charge is 0.462 e. The minimum atomic E-state index is -0.0649. The third-order valence-electron chi connectivity index (χ3n) is 5.63. The Hall–Kier alpha value is -2.24. The second-order valence-corrected chi connectivity index (χ2v) is 7.74. The van der Waals surface area contributed by atoms with E-state index in [9.17, 15) is 4.79 Å². The zero-order valence-corrected chi connectivity index (χ0v) is 17.0. The highest BCUT2D eigenvalue weighted by atomic mass is 16.5. The molecule has 1 aromatic carbocycles. The zero-order chi connectivity index (χ0) is 19.6. The normalized spacial score (nSPS) is 18.9. The van der Waals surface area contributed by atoms with Crippen LogP contribution >= 0.6 is 0 Å². The molecule has 6 heteroatoms. The summed E-state index contributed by atoms with van der Waals surface area (Å²) in [5, 5.41) is 6.85. The smallest absolute Gasteiger partial charge is 0.306 e. The predicted octanol–water partition coefficient (Wildman–Crippen LogP) is 3.09. The molecule has 2 aliphatic rings. The van der Waals surface area contributed by atoms with Crippen LogP contribution in [0.5, 0.6) is 0 Å². The number of anilines is 1. The zero-order valence-electron chi connectivity index (χ0n) is 17.0. The van der Waals surface area contributed by atoms with Crippen molar-refractivity contribution in [2.75, 3.05) is 31.6 Å². The summed E-state index contributed by atoms with van der Waals surface area (Å²) >= 11 is 0. The van der Waals surface area contributed by atoms with E-state index >= 15 is 0 Å². The van der Waals surface area contributed by atoms with E-state index in [0.717, 1.165) is 57.7 Å². The van der Waals surface area contributed by atoms with Gasteiger partial charge in [-0.2, -0.15) is 0 Å². The predicted molar refractivity (Wildman–Crippen MR) is 114 cm³/mol.